The molecule has 16 heavy (non-hydrogen) atoms. The maximum Gasteiger partial charge on any atom is 0.0470 e. The number of alkyl halides is 1. The molecule has 0 N–H and O–H groups in total. The van der Waals surface area contributed by atoms with Gasteiger partial charge in [-0.3, -0.25) is 0 Å². The van der Waals surface area contributed by atoms with Crippen LogP contribution in [0.1, 0.15) is 16.0 Å². The molecule has 1 unspecified atom stereocenters. The van der Waals surface area contributed by atoms with E-state index in [0.29, 0.717) is 0 Å². The summed E-state index contributed by atoms with van der Waals surface area (Å²) in [5.41, 5.74) is 2.36. The van der Waals surface area contributed by atoms with Gasteiger partial charge in [-0.05, 0) is 23.3 Å². The molecule has 1 atom stereocenters. The average molecular weight is 295 g/mol. The molecule has 0 saturated heterocycles. The van der Waals surface area contributed by atoms with Crippen LogP contribution in [0.2, 0.25) is 5.02 Å². The minimum atomic E-state index is 0.215. The Balaban J connectivity index is 2.11. The van der Waals surface area contributed by atoms with Crippen molar-refractivity contribution in [2.24, 2.45) is 0 Å². The molecule has 0 aromatic heterocycles. The summed E-state index contributed by atoms with van der Waals surface area (Å²) < 4.78 is 0. The first-order chi connectivity index (χ1) is 7.75. The summed E-state index contributed by atoms with van der Waals surface area (Å²) in [4.78, 5) is 0.215. The van der Waals surface area contributed by atoms with Crippen LogP contribution in [0.3, 0.4) is 0 Å². The molecule has 0 aliphatic rings. The van der Waals surface area contributed by atoms with Crippen LogP contribution in [-0.2, 0) is 0 Å². The van der Waals surface area contributed by atoms with Gasteiger partial charge < -0.3 is 0 Å². The van der Waals surface area contributed by atoms with Gasteiger partial charge in [0.05, 0.1) is 0 Å². The summed E-state index contributed by atoms with van der Waals surface area (Å²) >= 11 is 9.59. The summed E-state index contributed by atoms with van der Waals surface area (Å²) in [6.07, 6.45) is 2.14. The lowest BCUT2D eigenvalue weighted by atomic mass is 10.0. The minimum Gasteiger partial charge on any atom is -0.0843 e. The average Bonchev–Trinajstić information content (AvgIpc) is 2.30. The highest BCUT2D eigenvalue weighted by Crippen LogP contribution is 2.29. The highest BCUT2D eigenvalue weighted by molar-refractivity contribution is 9.09. The zero-order valence-electron chi connectivity index (χ0n) is 8.61. The van der Waals surface area contributed by atoms with Crippen molar-refractivity contribution in [2.75, 3.05) is 0 Å². The number of hydrogen-bond donors (Lipinski definition) is 0. The number of hydrogen-bond acceptors (Lipinski definition) is 0. The molecule has 2 aromatic carbocycles. The molecule has 0 fully saturated rings. The number of benzene rings is 2. The van der Waals surface area contributed by atoms with Crippen molar-refractivity contribution >= 4 is 27.5 Å². The Hall–Kier alpha value is -0.790. The van der Waals surface area contributed by atoms with E-state index in [-0.39, 0.29) is 4.83 Å². The maximum atomic E-state index is 5.94. The molecule has 0 spiro atoms. The zero-order valence-corrected chi connectivity index (χ0v) is 10.9. The third-order valence-corrected chi connectivity index (χ3v) is 3.33. The normalized spacial score (nSPS) is 12.4. The minimum absolute atomic E-state index is 0.215. The van der Waals surface area contributed by atoms with Crippen molar-refractivity contribution in [3.05, 3.63) is 77.2 Å². The summed E-state index contributed by atoms with van der Waals surface area (Å²) in [5, 5.41) is 0.765. The van der Waals surface area contributed by atoms with E-state index in [1.165, 1.54) is 5.56 Å². The molecule has 0 bridgehead atoms. The van der Waals surface area contributed by atoms with Gasteiger partial charge in [0.15, 0.2) is 0 Å². The van der Waals surface area contributed by atoms with E-state index in [2.05, 4.69) is 34.5 Å². The van der Waals surface area contributed by atoms with E-state index in [9.17, 15) is 0 Å². The molecule has 0 saturated carbocycles. The van der Waals surface area contributed by atoms with E-state index < -0.39 is 0 Å². The van der Waals surface area contributed by atoms with Gasteiger partial charge in [-0.1, -0.05) is 70.0 Å². The lowest BCUT2D eigenvalue weighted by molar-refractivity contribution is 1.15. The van der Waals surface area contributed by atoms with Crippen molar-refractivity contribution in [3.8, 4) is 0 Å². The summed E-state index contributed by atoms with van der Waals surface area (Å²) in [5.74, 6) is 0. The topological polar surface area (TPSA) is 0 Å². The third kappa shape index (κ3) is 3.10. The van der Waals surface area contributed by atoms with Crippen LogP contribution in [0.15, 0.2) is 54.6 Å². The van der Waals surface area contributed by atoms with E-state index in [0.717, 1.165) is 10.6 Å². The van der Waals surface area contributed by atoms with Crippen LogP contribution in [0.25, 0.3) is 0 Å². The molecule has 1 radical (unpaired) electrons. The fourth-order valence-electron chi connectivity index (χ4n) is 1.51. The van der Waals surface area contributed by atoms with Crippen molar-refractivity contribution in [1.82, 2.24) is 0 Å². The molecule has 0 heterocycles. The second kappa shape index (κ2) is 5.51. The maximum absolute atomic E-state index is 5.94. The Bertz CT molecular complexity index is 453. The summed E-state index contributed by atoms with van der Waals surface area (Å²) in [7, 11) is 0. The summed E-state index contributed by atoms with van der Waals surface area (Å²) in [6, 6.07) is 18.1. The SMILES string of the molecule is Clc1cccc([CH]C(Br)c2ccccc2)c1. The van der Waals surface area contributed by atoms with Gasteiger partial charge in [0, 0.05) is 16.3 Å². The molecular formula is C14H11BrCl. The Morgan fingerprint density at radius 3 is 2.44 bits per heavy atom. The second-order valence-corrected chi connectivity index (χ2v) is 4.96. The number of rotatable bonds is 3. The first-order valence-electron chi connectivity index (χ1n) is 5.05. The smallest absolute Gasteiger partial charge is 0.0470 e. The van der Waals surface area contributed by atoms with Gasteiger partial charge in [0.25, 0.3) is 0 Å². The van der Waals surface area contributed by atoms with E-state index in [1.807, 2.05) is 42.5 Å². The molecule has 0 aliphatic heterocycles. The lowest BCUT2D eigenvalue weighted by Gasteiger charge is -2.09. The molecular weight excluding hydrogens is 284 g/mol. The molecule has 81 valence electrons. The molecule has 2 rings (SSSR count). The largest absolute Gasteiger partial charge is 0.0843 e. The van der Waals surface area contributed by atoms with Gasteiger partial charge >= 0.3 is 0 Å². The first kappa shape index (κ1) is 11.7. The zero-order chi connectivity index (χ0) is 11.4. The Kier molecular flexibility index (Phi) is 4.03. The lowest BCUT2D eigenvalue weighted by Crippen LogP contribution is -1.92. The van der Waals surface area contributed by atoms with Crippen molar-refractivity contribution in [2.45, 2.75) is 4.83 Å². The van der Waals surface area contributed by atoms with Crippen LogP contribution in [0.5, 0.6) is 0 Å². The molecule has 2 heteroatoms. The van der Waals surface area contributed by atoms with Gasteiger partial charge in [-0.25, -0.2) is 0 Å². The standard InChI is InChI=1S/C14H11BrCl/c15-14(12-6-2-1-3-7-12)10-11-5-4-8-13(16)9-11/h1-10,14H. The van der Waals surface area contributed by atoms with Crippen LogP contribution in [0.4, 0.5) is 0 Å². The third-order valence-electron chi connectivity index (χ3n) is 2.31. The quantitative estimate of drug-likeness (QED) is 0.697. The van der Waals surface area contributed by atoms with Gasteiger partial charge in [0.2, 0.25) is 0 Å². The van der Waals surface area contributed by atoms with Gasteiger partial charge in [-0.2, -0.15) is 0 Å². The van der Waals surface area contributed by atoms with Crippen molar-refractivity contribution < 1.29 is 0 Å². The van der Waals surface area contributed by atoms with Crippen LogP contribution in [0, 0.1) is 6.42 Å². The predicted octanol–water partition coefficient (Wildman–Crippen LogP) is 5.03. The van der Waals surface area contributed by atoms with Crippen LogP contribution < -0.4 is 0 Å². The highest BCUT2D eigenvalue weighted by atomic mass is 79.9. The highest BCUT2D eigenvalue weighted by Gasteiger charge is 2.08. The predicted molar refractivity (Wildman–Crippen MR) is 73.0 cm³/mol. The fraction of sp³-hybridized carbons (Fsp3) is 0.0714. The molecule has 0 amide bonds. The fourth-order valence-corrected chi connectivity index (χ4v) is 2.32. The molecule has 0 nitrogen and oxygen atoms in total. The Morgan fingerprint density at radius 1 is 1.00 bits per heavy atom. The van der Waals surface area contributed by atoms with Crippen molar-refractivity contribution in [1.29, 1.82) is 0 Å². The van der Waals surface area contributed by atoms with E-state index in [1.54, 1.807) is 0 Å². The van der Waals surface area contributed by atoms with Gasteiger partial charge in [0.1, 0.15) is 0 Å². The Morgan fingerprint density at radius 2 is 1.75 bits per heavy atom. The van der Waals surface area contributed by atoms with Crippen LogP contribution in [-0.4, -0.2) is 0 Å². The van der Waals surface area contributed by atoms with Crippen LogP contribution >= 0.6 is 27.5 Å². The van der Waals surface area contributed by atoms with Gasteiger partial charge in [-0.15, -0.1) is 0 Å². The molecule has 0 aliphatic carbocycles. The van der Waals surface area contributed by atoms with E-state index >= 15 is 0 Å². The van der Waals surface area contributed by atoms with Crippen molar-refractivity contribution in [3.63, 3.8) is 0 Å². The molecule has 2 aromatic rings. The number of halogens is 2. The van der Waals surface area contributed by atoms with E-state index in [4.69, 9.17) is 11.6 Å². The Labute approximate surface area is 109 Å². The summed E-state index contributed by atoms with van der Waals surface area (Å²) in [6.45, 7) is 0. The first-order valence-corrected chi connectivity index (χ1v) is 6.34. The monoisotopic (exact) mass is 293 g/mol. The second-order valence-electron chi connectivity index (χ2n) is 3.53.